The van der Waals surface area contributed by atoms with Crippen LogP contribution in [0.25, 0.3) is 0 Å². The highest BCUT2D eigenvalue weighted by Gasteiger charge is 2.67. The van der Waals surface area contributed by atoms with Crippen molar-refractivity contribution in [3.05, 3.63) is 0 Å². The maximum Gasteiger partial charge on any atom is 0.322 e. The van der Waals surface area contributed by atoms with Crippen LogP contribution in [0.15, 0.2) is 0 Å². The Morgan fingerprint density at radius 2 is 0.777 bits per heavy atom. The quantitative estimate of drug-likeness (QED) is 0.0397. The summed E-state index contributed by atoms with van der Waals surface area (Å²) in [7, 11) is -41.9. The van der Waals surface area contributed by atoms with Gasteiger partial charge >= 0.3 is 23.9 Å². The topological polar surface area (TPSA) is 711 Å². The highest BCUT2D eigenvalue weighted by atomic mass is 32.3. The van der Waals surface area contributed by atoms with E-state index in [1.807, 2.05) is 27.7 Å². The monoisotopic (exact) mass is 2290 g/mol. The number of carbonyl (C=O) groups is 6. The summed E-state index contributed by atoms with van der Waals surface area (Å²) in [6, 6.07) is 0. The smallest absolute Gasteiger partial charge is 0.322 e. The number of esters is 4. The van der Waals surface area contributed by atoms with Crippen LogP contribution >= 0.6 is 0 Å². The second-order valence-corrected chi connectivity index (χ2v) is 63.0. The van der Waals surface area contributed by atoms with Crippen molar-refractivity contribution in [2.75, 3.05) is 48.1 Å². The van der Waals surface area contributed by atoms with Gasteiger partial charge in [0.2, 0.25) is 13.6 Å². The maximum atomic E-state index is 11.8. The predicted molar refractivity (Wildman–Crippen MR) is 525 cm³/mol. The highest BCUT2D eigenvalue weighted by molar-refractivity contribution is 7.88. The lowest BCUT2D eigenvalue weighted by Gasteiger charge is -2.57. The fourth-order valence-corrected chi connectivity index (χ4v) is 41.8. The average Bonchev–Trinajstić information content (AvgIpc) is 1.54. The molecule has 0 N–H and O–H groups in total. The molecule has 0 amide bonds. The van der Waals surface area contributed by atoms with Crippen LogP contribution in [0.3, 0.4) is 0 Å². The molecule has 0 radical (unpaired) electrons. The molecule has 22 bridgehead atoms. The van der Waals surface area contributed by atoms with Gasteiger partial charge in [-0.25, -0.2) is 84.2 Å². The number of fused-ring (bicyclic) bond motifs is 24. The van der Waals surface area contributed by atoms with E-state index in [-0.39, 0.29) is 52.7 Å². The van der Waals surface area contributed by atoms with E-state index in [1.54, 1.807) is 38.5 Å². The summed E-state index contributed by atoms with van der Waals surface area (Å²) in [5.41, 5.74) is -1.22. The Hall–Kier alpha value is -3.68. The first-order chi connectivity index (χ1) is 68.5. The fraction of sp³-hybridized carbons (Fsp3) is 0.939. The Kier molecular flexibility index (Phi) is 42.6. The van der Waals surface area contributed by atoms with Crippen LogP contribution in [0.1, 0.15) is 330 Å². The molecule has 24 aliphatic carbocycles. The minimum atomic E-state index is -4.64. The third-order valence-corrected chi connectivity index (χ3v) is 48.0. The van der Waals surface area contributed by atoms with Crippen LogP contribution in [-0.2, 0) is 149 Å². The number of hydrogen-bond acceptors (Lipinski definition) is 40. The van der Waals surface area contributed by atoms with E-state index in [1.165, 1.54) is 127 Å². The Balaban J connectivity index is 0.000000155. The molecular weight excluding hydrogens is 2140 g/mol. The summed E-state index contributed by atoms with van der Waals surface area (Å²) in [6.07, 6.45) is 46.3. The highest BCUT2D eigenvalue weighted by Crippen LogP contribution is 2.71. The molecular formula is C98H154O40S10-10. The zero-order valence-electron chi connectivity index (χ0n) is 85.7. The largest absolute Gasteiger partial charge is 0.748 e. The van der Waals surface area contributed by atoms with Gasteiger partial charge < -0.3 is 64.5 Å². The first-order valence-corrected chi connectivity index (χ1v) is 68.9. The number of rotatable bonds is 23. The third kappa shape index (κ3) is 34.4. The van der Waals surface area contributed by atoms with Gasteiger partial charge in [-0.15, -0.1) is 0 Å². The lowest BCUT2D eigenvalue weighted by atomic mass is 9.56. The Morgan fingerprint density at radius 1 is 0.358 bits per heavy atom. The normalized spacial score (nSPS) is 37.6. The first-order valence-electron chi connectivity index (χ1n) is 53.6. The van der Waals surface area contributed by atoms with Gasteiger partial charge in [-0.3, -0.25) is 28.8 Å². The molecule has 0 aromatic carbocycles. The van der Waals surface area contributed by atoms with Gasteiger partial charge in [0.25, 0.3) is 0 Å². The molecule has 0 spiro atoms. The molecule has 0 heterocycles. The summed E-state index contributed by atoms with van der Waals surface area (Å²) in [5, 5.41) is -1.65. The molecule has 40 nitrogen and oxygen atoms in total. The van der Waals surface area contributed by atoms with E-state index in [2.05, 4.69) is 18.9 Å². The SMILES string of the molecule is C1C2CC3CC1CC(C2)C3.CC.CC(=O)OCOC(=O)CS(=O)(=O)[O-].CC1(C)C2CCC1(CS(=O)(=O)[O-])C(=O)C2.CCC(=O)OCOC(=O)CS(=O)(=O)[O-].O=C1CCCCC1CS(=O)(=O)[O-].O=S(=O)([O-])C12CC3CC(CC(C3)C1)C2.O=S(=O)([O-])C1CC2CC1C1C3CCC(C3)C21.O=S(=O)([O-])C1CC2CCC1C2.O=S(=O)([O-])C1CCCCC1.O=S(=O)([O-])CCC1CC2CC1C1C3CCC(C3)C21.O=S(=O)([O-])CCC1CC2CCC1C2. The number of hydrogen-bond donors (Lipinski definition) is 0. The second kappa shape index (κ2) is 50.7. The minimum Gasteiger partial charge on any atom is -0.748 e. The van der Waals surface area contributed by atoms with Crippen molar-refractivity contribution in [2.45, 2.75) is 351 Å². The van der Waals surface area contributed by atoms with Crippen molar-refractivity contribution in [1.82, 2.24) is 0 Å². The van der Waals surface area contributed by atoms with Gasteiger partial charge in [0.15, 0.2) is 0 Å². The minimum absolute atomic E-state index is 0.0248. The van der Waals surface area contributed by atoms with E-state index in [0.717, 1.165) is 136 Å². The maximum absolute atomic E-state index is 11.8. The van der Waals surface area contributed by atoms with Crippen molar-refractivity contribution >= 4 is 137 Å². The standard InChI is InChI=1S/C14H22O3S.C12H18O3S.C10H16O4S.C10H16O3S.C10H16.C9H16O3S.C7H12O4S.C7H12O3S.C6H10O7S.C6H12O3S.C5H8O7S.C2H6/c15-18(16,17)4-3-8-5-11-7-12(8)14-10-2-1-9(6-10)13(11)14;13-16(14,15)10-5-8-4-9(10)12-7-2-1-6(3-7)11(8)12;1-9(2)7-3-4-10(9,8(11)5-7)6-15(12,13)14;11-14(12,13)10-4-7-1-8(5-10)3-9(2-7)6-10;1-7-2-9-4-8(1)5-10(3-7)6-9;10-13(11,12)4-3-9-6-7-1-2-8(9)5-7;8-7-4-2-1-3-6(7)5-12(9,10)11;8-11(9,10)7-4-5-1-2-6(7)3-5;1-2-5(7)12-4-13-6(8)3-14(9,10)11;7-10(8,9)6-4-2-1-3-5-6;1-4(6)11-3-12-5(7)2-13(8,9)10;1-2/h8-14H,1-7H2,(H,15,16,17);6-12H,1-5H2,(H,13,14,15);7H,3-6H2,1-2H3,(H,12,13,14);7-9H,1-6H2,(H,11,12,13);7-10H,1-6H2;7-9H,1-6H2,(H,10,11,12);6H,1-5H2,(H,9,10,11);5-7H,1-4H2,(H,8,9,10);2-4H2,1H3,(H,9,10,11);6H,1-5H2,(H,7,8,9);2-3H2,1H3,(H,8,9,10);1-2H3/p-10. The Morgan fingerprint density at radius 3 is 1.14 bits per heavy atom. The molecule has 0 aromatic rings. The molecule has 0 aliphatic heterocycles. The summed E-state index contributed by atoms with van der Waals surface area (Å²) >= 11 is 0. The van der Waals surface area contributed by atoms with Crippen molar-refractivity contribution in [2.24, 2.45) is 171 Å². The molecule has 24 aliphatic rings. The van der Waals surface area contributed by atoms with Crippen molar-refractivity contribution in [3.8, 4) is 0 Å². The Bertz CT molecular complexity index is 5720. The number of Topliss-reactive ketones (excluding diaryl/α,β-unsaturated/α-hetero) is 2. The summed E-state index contributed by atoms with van der Waals surface area (Å²) < 4.78 is 334. The van der Waals surface area contributed by atoms with E-state index < -0.39 is 193 Å². The van der Waals surface area contributed by atoms with Crippen LogP contribution in [0.5, 0.6) is 0 Å². The second-order valence-electron chi connectivity index (χ2n) is 47.7. The zero-order chi connectivity index (χ0) is 110. The van der Waals surface area contributed by atoms with Crippen LogP contribution in [-0.4, -0.2) is 234 Å². The van der Waals surface area contributed by atoms with Crippen LogP contribution in [0.2, 0.25) is 0 Å². The molecule has 0 saturated heterocycles. The van der Waals surface area contributed by atoms with E-state index >= 15 is 0 Å². The molecule has 23 unspecified atom stereocenters. The molecule has 24 saturated carbocycles. The lowest BCUT2D eigenvalue weighted by Crippen LogP contribution is -2.54. The third-order valence-electron chi connectivity index (χ3n) is 38.2. The van der Waals surface area contributed by atoms with Gasteiger partial charge in [-0.2, -0.15) is 0 Å². The summed E-state index contributed by atoms with van der Waals surface area (Å²) in [6.45, 7) is 9.08. The summed E-state index contributed by atoms with van der Waals surface area (Å²) in [5.74, 6) is 11.0. The van der Waals surface area contributed by atoms with E-state index in [4.69, 9.17) is 0 Å². The van der Waals surface area contributed by atoms with Crippen molar-refractivity contribution < 1.29 is 177 Å². The molecule has 23 atom stereocenters. The van der Waals surface area contributed by atoms with Gasteiger partial charge in [-0.05, 0) is 390 Å². The molecule has 856 valence electrons. The van der Waals surface area contributed by atoms with Gasteiger partial charge in [0.1, 0.15) is 53.4 Å². The van der Waals surface area contributed by atoms with E-state index in [9.17, 15) is 158 Å². The fourth-order valence-electron chi connectivity index (χ4n) is 33.1. The number of carbonyl (C=O) groups excluding carboxylic acids is 6. The molecule has 148 heavy (non-hydrogen) atoms. The van der Waals surface area contributed by atoms with Gasteiger partial charge in [-0.1, -0.05) is 73.1 Å². The van der Waals surface area contributed by atoms with Crippen LogP contribution in [0, 0.1) is 171 Å². The lowest BCUT2D eigenvalue weighted by molar-refractivity contribution is -0.166. The van der Waals surface area contributed by atoms with Crippen molar-refractivity contribution in [1.29, 1.82) is 0 Å². The Labute approximate surface area is 877 Å². The molecule has 50 heteroatoms. The molecule has 24 fully saturated rings. The predicted octanol–water partition coefficient (Wildman–Crippen LogP) is 10.9. The average molecular weight is 2290 g/mol. The molecule has 0 aromatic heterocycles. The number of ether oxygens (including phenoxy) is 4. The van der Waals surface area contributed by atoms with Crippen LogP contribution in [0.4, 0.5) is 0 Å². The first kappa shape index (κ1) is 124. The number of ketones is 2. The van der Waals surface area contributed by atoms with E-state index in [0.29, 0.717) is 131 Å². The van der Waals surface area contributed by atoms with Crippen molar-refractivity contribution in [3.63, 3.8) is 0 Å². The van der Waals surface area contributed by atoms with Gasteiger partial charge in [0.05, 0.1) is 91.8 Å². The summed E-state index contributed by atoms with van der Waals surface area (Å²) in [4.78, 5) is 64.5. The zero-order valence-corrected chi connectivity index (χ0v) is 93.9. The van der Waals surface area contributed by atoms with Crippen LogP contribution < -0.4 is 0 Å². The van der Waals surface area contributed by atoms with Gasteiger partial charge in [0, 0.05) is 60.0 Å². The molecule has 24 rings (SSSR count).